The van der Waals surface area contributed by atoms with Gasteiger partial charge in [-0.1, -0.05) is 0 Å². The number of nitrogens with one attached hydrogen (secondary N) is 2. The number of hydrogen-bond acceptors (Lipinski definition) is 3. The van der Waals surface area contributed by atoms with Crippen LogP contribution in [0.1, 0.15) is 31.7 Å². The largest absolute Gasteiger partial charge is 0.328 e. The van der Waals surface area contributed by atoms with Crippen molar-refractivity contribution in [1.82, 2.24) is 14.9 Å². The minimum absolute atomic E-state index is 0.0575. The van der Waals surface area contributed by atoms with E-state index < -0.39 is 0 Å². The second kappa shape index (κ2) is 4.65. The van der Waals surface area contributed by atoms with E-state index in [1.807, 2.05) is 7.05 Å². The SMILES string of the molecule is CNC1CCC(n2c(=O)cc[nH]c2=O)CC1. The summed E-state index contributed by atoms with van der Waals surface area (Å²) < 4.78 is 1.35. The first-order chi connectivity index (χ1) is 7.72. The van der Waals surface area contributed by atoms with Crippen LogP contribution >= 0.6 is 0 Å². The van der Waals surface area contributed by atoms with E-state index in [1.165, 1.54) is 16.8 Å². The van der Waals surface area contributed by atoms with Crippen molar-refractivity contribution in [3.05, 3.63) is 33.1 Å². The zero-order valence-corrected chi connectivity index (χ0v) is 9.40. The number of rotatable bonds is 2. The highest BCUT2D eigenvalue weighted by molar-refractivity contribution is 4.89. The van der Waals surface area contributed by atoms with Gasteiger partial charge >= 0.3 is 5.69 Å². The lowest BCUT2D eigenvalue weighted by Gasteiger charge is -2.28. The number of nitrogens with zero attached hydrogens (tertiary/aromatic N) is 1. The summed E-state index contributed by atoms with van der Waals surface area (Å²) in [5.41, 5.74) is -0.489. The van der Waals surface area contributed by atoms with Crippen LogP contribution in [0.15, 0.2) is 21.9 Å². The topological polar surface area (TPSA) is 66.9 Å². The van der Waals surface area contributed by atoms with Gasteiger partial charge in [0.25, 0.3) is 5.56 Å². The van der Waals surface area contributed by atoms with Gasteiger partial charge in [-0.25, -0.2) is 4.79 Å². The van der Waals surface area contributed by atoms with E-state index >= 15 is 0 Å². The smallest absolute Gasteiger partial charge is 0.317 e. The van der Waals surface area contributed by atoms with E-state index in [2.05, 4.69) is 10.3 Å². The Labute approximate surface area is 93.5 Å². The Morgan fingerprint density at radius 1 is 1.31 bits per heavy atom. The summed E-state index contributed by atoms with van der Waals surface area (Å²) in [5.74, 6) is 0. The third kappa shape index (κ3) is 2.09. The molecule has 2 N–H and O–H groups in total. The lowest BCUT2D eigenvalue weighted by Crippen LogP contribution is -2.40. The van der Waals surface area contributed by atoms with Gasteiger partial charge < -0.3 is 10.3 Å². The molecule has 1 saturated carbocycles. The second-order valence-corrected chi connectivity index (χ2v) is 4.29. The molecule has 0 saturated heterocycles. The van der Waals surface area contributed by atoms with E-state index in [1.54, 1.807) is 0 Å². The highest BCUT2D eigenvalue weighted by Gasteiger charge is 2.22. The zero-order chi connectivity index (χ0) is 11.5. The molecule has 0 spiro atoms. The zero-order valence-electron chi connectivity index (χ0n) is 9.40. The molecule has 0 aromatic carbocycles. The van der Waals surface area contributed by atoms with Gasteiger partial charge in [-0.05, 0) is 32.7 Å². The average Bonchev–Trinajstić information content (AvgIpc) is 2.30. The summed E-state index contributed by atoms with van der Waals surface area (Å²) in [6, 6.07) is 1.99. The first-order valence-electron chi connectivity index (χ1n) is 5.70. The normalized spacial score (nSPS) is 25.6. The fourth-order valence-corrected chi connectivity index (χ4v) is 2.40. The summed E-state index contributed by atoms with van der Waals surface area (Å²) in [6.07, 6.45) is 5.21. The molecule has 1 fully saturated rings. The summed E-state index contributed by atoms with van der Waals surface area (Å²) in [6.45, 7) is 0. The Hall–Kier alpha value is -1.36. The Morgan fingerprint density at radius 3 is 2.56 bits per heavy atom. The molecule has 0 aliphatic heterocycles. The van der Waals surface area contributed by atoms with E-state index in [0.29, 0.717) is 6.04 Å². The number of hydrogen-bond donors (Lipinski definition) is 2. The molecular formula is C11H17N3O2. The number of H-pyrrole nitrogens is 1. The Morgan fingerprint density at radius 2 is 2.00 bits per heavy atom. The molecule has 1 aliphatic carbocycles. The summed E-state index contributed by atoms with van der Waals surface area (Å²) in [5, 5.41) is 3.23. The van der Waals surface area contributed by atoms with E-state index in [9.17, 15) is 9.59 Å². The monoisotopic (exact) mass is 223 g/mol. The third-order valence-corrected chi connectivity index (χ3v) is 3.36. The molecule has 5 heteroatoms. The maximum absolute atomic E-state index is 11.6. The van der Waals surface area contributed by atoms with Crippen molar-refractivity contribution in [2.45, 2.75) is 37.8 Å². The van der Waals surface area contributed by atoms with E-state index in [4.69, 9.17) is 0 Å². The number of aromatic nitrogens is 2. The predicted octanol–water partition coefficient (Wildman–Crippen LogP) is 0.240. The standard InChI is InChI=1S/C11H17N3O2/c1-12-8-2-4-9(5-3-8)14-10(15)6-7-13-11(14)16/h6-9,12H,2-5H2,1H3,(H,13,16). The van der Waals surface area contributed by atoms with Crippen LogP contribution in [0.2, 0.25) is 0 Å². The van der Waals surface area contributed by atoms with Crippen molar-refractivity contribution in [1.29, 1.82) is 0 Å². The van der Waals surface area contributed by atoms with Crippen LogP contribution in [0.5, 0.6) is 0 Å². The van der Waals surface area contributed by atoms with Crippen molar-refractivity contribution in [2.75, 3.05) is 7.05 Å². The lowest BCUT2D eigenvalue weighted by molar-refractivity contribution is 0.289. The molecule has 0 amide bonds. The summed E-state index contributed by atoms with van der Waals surface area (Å²) >= 11 is 0. The predicted molar refractivity (Wildman–Crippen MR) is 61.7 cm³/mol. The quantitative estimate of drug-likeness (QED) is 0.754. The van der Waals surface area contributed by atoms with Crippen molar-refractivity contribution in [3.63, 3.8) is 0 Å². The van der Waals surface area contributed by atoms with Gasteiger partial charge in [-0.15, -0.1) is 0 Å². The molecule has 16 heavy (non-hydrogen) atoms. The minimum atomic E-state index is -0.291. The lowest BCUT2D eigenvalue weighted by atomic mass is 9.91. The van der Waals surface area contributed by atoms with Crippen LogP contribution in [0.3, 0.4) is 0 Å². The Kier molecular flexibility index (Phi) is 3.24. The van der Waals surface area contributed by atoms with Crippen LogP contribution in [-0.4, -0.2) is 22.6 Å². The molecule has 0 radical (unpaired) electrons. The molecule has 1 aromatic rings. The molecule has 5 nitrogen and oxygen atoms in total. The van der Waals surface area contributed by atoms with Crippen LogP contribution < -0.4 is 16.6 Å². The van der Waals surface area contributed by atoms with Gasteiger partial charge in [0, 0.05) is 24.3 Å². The van der Waals surface area contributed by atoms with Crippen molar-refractivity contribution in [2.24, 2.45) is 0 Å². The number of aromatic amines is 1. The van der Waals surface area contributed by atoms with Gasteiger partial charge in [-0.3, -0.25) is 9.36 Å². The van der Waals surface area contributed by atoms with Gasteiger partial charge in [0.1, 0.15) is 0 Å². The molecule has 0 unspecified atom stereocenters. The molecular weight excluding hydrogens is 206 g/mol. The Balaban J connectivity index is 2.21. The van der Waals surface area contributed by atoms with E-state index in [-0.39, 0.29) is 17.3 Å². The van der Waals surface area contributed by atoms with Gasteiger partial charge in [-0.2, -0.15) is 0 Å². The molecule has 0 bridgehead atoms. The molecule has 1 aromatic heterocycles. The fraction of sp³-hybridized carbons (Fsp3) is 0.636. The van der Waals surface area contributed by atoms with Crippen molar-refractivity contribution >= 4 is 0 Å². The van der Waals surface area contributed by atoms with Crippen LogP contribution in [-0.2, 0) is 0 Å². The van der Waals surface area contributed by atoms with Crippen molar-refractivity contribution in [3.8, 4) is 0 Å². The first-order valence-corrected chi connectivity index (χ1v) is 5.70. The maximum atomic E-state index is 11.6. The molecule has 0 atom stereocenters. The summed E-state index contributed by atoms with van der Waals surface area (Å²) in [7, 11) is 1.95. The molecule has 88 valence electrons. The van der Waals surface area contributed by atoms with Gasteiger partial charge in [0.2, 0.25) is 0 Å². The van der Waals surface area contributed by atoms with Crippen LogP contribution in [0.4, 0.5) is 0 Å². The summed E-state index contributed by atoms with van der Waals surface area (Å²) in [4.78, 5) is 25.8. The highest BCUT2D eigenvalue weighted by atomic mass is 16.2. The van der Waals surface area contributed by atoms with E-state index in [0.717, 1.165) is 25.7 Å². The molecule has 2 rings (SSSR count). The van der Waals surface area contributed by atoms with Gasteiger partial charge in [0.15, 0.2) is 0 Å². The highest BCUT2D eigenvalue weighted by Crippen LogP contribution is 2.25. The molecule has 1 aliphatic rings. The fourth-order valence-electron chi connectivity index (χ4n) is 2.40. The van der Waals surface area contributed by atoms with Crippen molar-refractivity contribution < 1.29 is 0 Å². The van der Waals surface area contributed by atoms with Crippen LogP contribution in [0, 0.1) is 0 Å². The van der Waals surface area contributed by atoms with Gasteiger partial charge in [0.05, 0.1) is 0 Å². The Bertz CT molecular complexity index is 427. The third-order valence-electron chi connectivity index (χ3n) is 3.36. The molecule has 1 heterocycles. The van der Waals surface area contributed by atoms with Crippen LogP contribution in [0.25, 0.3) is 0 Å². The first kappa shape index (κ1) is 11.1. The minimum Gasteiger partial charge on any atom is -0.317 e. The average molecular weight is 223 g/mol. The second-order valence-electron chi connectivity index (χ2n) is 4.29. The maximum Gasteiger partial charge on any atom is 0.328 e.